The van der Waals surface area contributed by atoms with Gasteiger partial charge in [-0.1, -0.05) is 13.8 Å². The fraction of sp³-hybridized carbons (Fsp3) is 0.643. The Bertz CT molecular complexity index is 356. The number of nitrogens with one attached hydrogen (secondary N) is 1. The monoisotopic (exact) mass is 251 g/mol. The van der Waals surface area contributed by atoms with Crippen LogP contribution in [-0.2, 0) is 0 Å². The first-order chi connectivity index (χ1) is 8.65. The molecule has 0 unspecified atom stereocenters. The molecule has 0 spiro atoms. The molecule has 1 fully saturated rings. The standard InChI is InChI=1S/C14H22FN3/c1-11(2)16-9-12-5-7-18(8-6-12)14-4-3-13(15)10-17-14/h3-4,10-12,16H,5-9H2,1-2H3. The number of anilines is 1. The molecule has 2 rings (SSSR count). The summed E-state index contributed by atoms with van der Waals surface area (Å²) in [7, 11) is 0. The predicted molar refractivity (Wildman–Crippen MR) is 72.3 cm³/mol. The second kappa shape index (κ2) is 6.14. The van der Waals surface area contributed by atoms with Gasteiger partial charge in [0.25, 0.3) is 0 Å². The number of halogens is 1. The Morgan fingerprint density at radius 3 is 2.67 bits per heavy atom. The van der Waals surface area contributed by atoms with Crippen LogP contribution in [0.3, 0.4) is 0 Å². The third kappa shape index (κ3) is 3.67. The average Bonchev–Trinajstić information content (AvgIpc) is 2.38. The minimum atomic E-state index is -0.269. The van der Waals surface area contributed by atoms with E-state index in [1.165, 1.54) is 25.1 Å². The van der Waals surface area contributed by atoms with Crippen molar-refractivity contribution in [2.75, 3.05) is 24.5 Å². The van der Waals surface area contributed by atoms with Crippen molar-refractivity contribution in [3.8, 4) is 0 Å². The summed E-state index contributed by atoms with van der Waals surface area (Å²) in [4.78, 5) is 6.38. The van der Waals surface area contributed by atoms with Crippen molar-refractivity contribution in [1.82, 2.24) is 10.3 Å². The van der Waals surface area contributed by atoms with Crippen molar-refractivity contribution in [3.05, 3.63) is 24.1 Å². The Kier molecular flexibility index (Phi) is 4.53. The molecule has 0 saturated carbocycles. The molecule has 4 heteroatoms. The molecule has 1 saturated heterocycles. The summed E-state index contributed by atoms with van der Waals surface area (Å²) in [5, 5.41) is 3.49. The van der Waals surface area contributed by atoms with E-state index in [-0.39, 0.29) is 5.82 Å². The van der Waals surface area contributed by atoms with Crippen LogP contribution in [0.25, 0.3) is 0 Å². The molecule has 1 aliphatic rings. The van der Waals surface area contributed by atoms with Gasteiger partial charge in [0, 0.05) is 19.1 Å². The van der Waals surface area contributed by atoms with E-state index in [1.807, 2.05) is 0 Å². The molecule has 1 aromatic rings. The molecule has 0 amide bonds. The van der Waals surface area contributed by atoms with Crippen LogP contribution in [0.15, 0.2) is 18.3 Å². The second-order valence-electron chi connectivity index (χ2n) is 5.33. The number of hydrogen-bond acceptors (Lipinski definition) is 3. The summed E-state index contributed by atoms with van der Waals surface area (Å²) >= 11 is 0. The van der Waals surface area contributed by atoms with E-state index in [2.05, 4.69) is 29.0 Å². The van der Waals surface area contributed by atoms with Gasteiger partial charge in [0.05, 0.1) is 6.20 Å². The number of hydrogen-bond donors (Lipinski definition) is 1. The normalized spacial score (nSPS) is 17.4. The number of pyridine rings is 1. The van der Waals surface area contributed by atoms with Gasteiger partial charge in [-0.2, -0.15) is 0 Å². The van der Waals surface area contributed by atoms with Gasteiger partial charge in [-0.15, -0.1) is 0 Å². The summed E-state index contributed by atoms with van der Waals surface area (Å²) in [6.45, 7) is 7.49. The van der Waals surface area contributed by atoms with Crippen LogP contribution in [-0.4, -0.2) is 30.7 Å². The van der Waals surface area contributed by atoms with Gasteiger partial charge < -0.3 is 10.2 Å². The molecular weight excluding hydrogens is 229 g/mol. The maximum atomic E-state index is 12.8. The van der Waals surface area contributed by atoms with Crippen molar-refractivity contribution < 1.29 is 4.39 Å². The highest BCUT2D eigenvalue weighted by Gasteiger charge is 2.19. The van der Waals surface area contributed by atoms with E-state index >= 15 is 0 Å². The van der Waals surface area contributed by atoms with E-state index in [4.69, 9.17) is 0 Å². The molecule has 0 bridgehead atoms. The number of nitrogens with zero attached hydrogens (tertiary/aromatic N) is 2. The molecule has 0 aromatic carbocycles. The quantitative estimate of drug-likeness (QED) is 0.891. The topological polar surface area (TPSA) is 28.2 Å². The molecule has 1 aliphatic heterocycles. The predicted octanol–water partition coefficient (Wildman–Crippen LogP) is 2.44. The fourth-order valence-electron chi connectivity index (χ4n) is 2.32. The van der Waals surface area contributed by atoms with Crippen LogP contribution in [0.5, 0.6) is 0 Å². The van der Waals surface area contributed by atoms with Gasteiger partial charge in [0.2, 0.25) is 0 Å². The molecule has 2 heterocycles. The Hall–Kier alpha value is -1.16. The maximum absolute atomic E-state index is 12.8. The summed E-state index contributed by atoms with van der Waals surface area (Å²) in [5.74, 6) is 1.38. The zero-order valence-corrected chi connectivity index (χ0v) is 11.2. The van der Waals surface area contributed by atoms with Crippen LogP contribution in [0.2, 0.25) is 0 Å². The lowest BCUT2D eigenvalue weighted by Crippen LogP contribution is -2.39. The van der Waals surface area contributed by atoms with Gasteiger partial charge >= 0.3 is 0 Å². The lowest BCUT2D eigenvalue weighted by molar-refractivity contribution is 0.369. The first-order valence-corrected chi connectivity index (χ1v) is 6.75. The van der Waals surface area contributed by atoms with Gasteiger partial charge in [-0.05, 0) is 37.4 Å². The Balaban J connectivity index is 1.81. The summed E-state index contributed by atoms with van der Waals surface area (Å²) in [6.07, 6.45) is 3.65. The Labute approximate surface area is 108 Å². The van der Waals surface area contributed by atoms with Gasteiger partial charge in [-0.25, -0.2) is 9.37 Å². The summed E-state index contributed by atoms with van der Waals surface area (Å²) in [6, 6.07) is 3.80. The molecular formula is C14H22FN3. The highest BCUT2D eigenvalue weighted by Crippen LogP contribution is 2.21. The highest BCUT2D eigenvalue weighted by molar-refractivity contribution is 5.38. The van der Waals surface area contributed by atoms with E-state index in [0.29, 0.717) is 6.04 Å². The van der Waals surface area contributed by atoms with Crippen molar-refractivity contribution in [2.45, 2.75) is 32.7 Å². The maximum Gasteiger partial charge on any atom is 0.141 e. The van der Waals surface area contributed by atoms with Gasteiger partial charge in [-0.3, -0.25) is 0 Å². The molecule has 1 N–H and O–H groups in total. The molecule has 0 radical (unpaired) electrons. The Morgan fingerprint density at radius 1 is 1.39 bits per heavy atom. The molecule has 18 heavy (non-hydrogen) atoms. The van der Waals surface area contributed by atoms with Gasteiger partial charge in [0.1, 0.15) is 11.6 Å². The second-order valence-corrected chi connectivity index (χ2v) is 5.33. The first kappa shape index (κ1) is 13.3. The minimum absolute atomic E-state index is 0.269. The number of piperidine rings is 1. The summed E-state index contributed by atoms with van der Waals surface area (Å²) in [5.41, 5.74) is 0. The fourth-order valence-corrected chi connectivity index (χ4v) is 2.32. The van der Waals surface area contributed by atoms with Crippen molar-refractivity contribution in [3.63, 3.8) is 0 Å². The third-order valence-corrected chi connectivity index (χ3v) is 3.47. The lowest BCUT2D eigenvalue weighted by atomic mass is 9.96. The molecule has 100 valence electrons. The van der Waals surface area contributed by atoms with E-state index < -0.39 is 0 Å². The average molecular weight is 251 g/mol. The third-order valence-electron chi connectivity index (χ3n) is 3.47. The minimum Gasteiger partial charge on any atom is -0.357 e. The smallest absolute Gasteiger partial charge is 0.141 e. The largest absolute Gasteiger partial charge is 0.357 e. The lowest BCUT2D eigenvalue weighted by Gasteiger charge is -2.33. The SMILES string of the molecule is CC(C)NCC1CCN(c2ccc(F)cn2)CC1. The molecule has 3 nitrogen and oxygen atoms in total. The van der Waals surface area contributed by atoms with Crippen molar-refractivity contribution in [1.29, 1.82) is 0 Å². The van der Waals surface area contributed by atoms with Crippen molar-refractivity contribution >= 4 is 5.82 Å². The first-order valence-electron chi connectivity index (χ1n) is 6.75. The van der Waals surface area contributed by atoms with Crippen LogP contribution in [0.4, 0.5) is 10.2 Å². The van der Waals surface area contributed by atoms with E-state index in [9.17, 15) is 4.39 Å². The van der Waals surface area contributed by atoms with Crippen molar-refractivity contribution in [2.24, 2.45) is 5.92 Å². The molecule has 0 aliphatic carbocycles. The Morgan fingerprint density at radius 2 is 2.11 bits per heavy atom. The van der Waals surface area contributed by atoms with E-state index in [1.54, 1.807) is 6.07 Å². The van der Waals surface area contributed by atoms with Crippen LogP contribution in [0.1, 0.15) is 26.7 Å². The molecule has 0 atom stereocenters. The van der Waals surface area contributed by atoms with Crippen LogP contribution >= 0.6 is 0 Å². The highest BCUT2D eigenvalue weighted by atomic mass is 19.1. The zero-order valence-electron chi connectivity index (χ0n) is 11.2. The van der Waals surface area contributed by atoms with Crippen LogP contribution < -0.4 is 10.2 Å². The van der Waals surface area contributed by atoms with Crippen LogP contribution in [0, 0.1) is 11.7 Å². The number of aromatic nitrogens is 1. The number of rotatable bonds is 4. The summed E-state index contributed by atoms with van der Waals surface area (Å²) < 4.78 is 12.8. The van der Waals surface area contributed by atoms with Gasteiger partial charge in [0.15, 0.2) is 0 Å². The van der Waals surface area contributed by atoms with E-state index in [0.717, 1.165) is 31.4 Å². The zero-order chi connectivity index (χ0) is 13.0. The molecule has 1 aromatic heterocycles.